The lowest BCUT2D eigenvalue weighted by Gasteiger charge is -2.00. The summed E-state index contributed by atoms with van der Waals surface area (Å²) in [7, 11) is 0. The molecule has 0 aliphatic carbocycles. The first-order valence-corrected chi connectivity index (χ1v) is 4.19. The van der Waals surface area contributed by atoms with E-state index in [2.05, 4.69) is 0 Å². The smallest absolute Gasteiger partial charge is 0.333 e. The molecule has 0 aromatic rings. The van der Waals surface area contributed by atoms with Gasteiger partial charge in [0.15, 0.2) is 0 Å². The van der Waals surface area contributed by atoms with Gasteiger partial charge in [-0.3, -0.25) is 0 Å². The number of carbonyl (C=O) groups excluding carboxylic acids is 1. The van der Waals surface area contributed by atoms with Crippen LogP contribution in [0.4, 0.5) is 0 Å². The van der Waals surface area contributed by atoms with Gasteiger partial charge in [0, 0.05) is 5.57 Å². The van der Waals surface area contributed by atoms with E-state index in [0.717, 1.165) is 13.0 Å². The highest BCUT2D eigenvalue weighted by Crippen LogP contribution is 2.15. The van der Waals surface area contributed by atoms with Gasteiger partial charge in [0.1, 0.15) is 0 Å². The molecule has 3 nitrogen and oxygen atoms in total. The quantitative estimate of drug-likeness (QED) is 0.362. The number of hydrogen-bond acceptors (Lipinski definition) is 3. The maximum absolute atomic E-state index is 11.0. The summed E-state index contributed by atoms with van der Waals surface area (Å²) in [6.45, 7) is 4.83. The normalized spacial score (nSPS) is 22.2. The molecule has 1 saturated heterocycles. The SMILES string of the molecule is CCOC(=O)C(C)=CCC1CO1. The largest absolute Gasteiger partial charge is 0.463 e. The number of hydrogen-bond donors (Lipinski definition) is 0. The molecule has 0 aromatic carbocycles. The van der Waals surface area contributed by atoms with Crippen molar-refractivity contribution in [2.45, 2.75) is 26.4 Å². The van der Waals surface area contributed by atoms with E-state index in [-0.39, 0.29) is 5.97 Å². The Bertz CT molecular complexity index is 192. The Morgan fingerprint density at radius 1 is 1.75 bits per heavy atom. The fourth-order valence-corrected chi connectivity index (χ4v) is 0.841. The molecule has 1 rings (SSSR count). The van der Waals surface area contributed by atoms with Crippen LogP contribution in [0.1, 0.15) is 20.3 Å². The second kappa shape index (κ2) is 4.26. The van der Waals surface area contributed by atoms with E-state index < -0.39 is 0 Å². The average molecular weight is 170 g/mol. The van der Waals surface area contributed by atoms with Gasteiger partial charge in [0.25, 0.3) is 0 Å². The Morgan fingerprint density at radius 3 is 2.92 bits per heavy atom. The highest BCUT2D eigenvalue weighted by molar-refractivity contribution is 5.87. The van der Waals surface area contributed by atoms with Crippen LogP contribution in [-0.4, -0.2) is 25.3 Å². The average Bonchev–Trinajstić information content (AvgIpc) is 2.83. The molecule has 0 amide bonds. The Kier molecular flexibility index (Phi) is 3.29. The molecule has 0 N–H and O–H groups in total. The topological polar surface area (TPSA) is 38.8 Å². The molecule has 1 unspecified atom stereocenters. The summed E-state index contributed by atoms with van der Waals surface area (Å²) in [4.78, 5) is 11.0. The van der Waals surface area contributed by atoms with Crippen molar-refractivity contribution >= 4 is 5.97 Å². The van der Waals surface area contributed by atoms with Crippen molar-refractivity contribution in [3.8, 4) is 0 Å². The molecular weight excluding hydrogens is 156 g/mol. The monoisotopic (exact) mass is 170 g/mol. The van der Waals surface area contributed by atoms with Gasteiger partial charge in [-0.25, -0.2) is 4.79 Å². The van der Waals surface area contributed by atoms with Gasteiger partial charge in [-0.05, 0) is 20.3 Å². The minimum absolute atomic E-state index is 0.224. The van der Waals surface area contributed by atoms with Crippen LogP contribution in [0.3, 0.4) is 0 Å². The molecule has 0 bridgehead atoms. The summed E-state index contributed by atoms with van der Waals surface area (Å²) in [5.41, 5.74) is 0.673. The number of epoxide rings is 1. The second-order valence-corrected chi connectivity index (χ2v) is 2.80. The van der Waals surface area contributed by atoms with Crippen LogP contribution in [0.2, 0.25) is 0 Å². The van der Waals surface area contributed by atoms with E-state index in [1.54, 1.807) is 13.8 Å². The van der Waals surface area contributed by atoms with Crippen molar-refractivity contribution in [3.05, 3.63) is 11.6 Å². The van der Waals surface area contributed by atoms with Gasteiger partial charge < -0.3 is 9.47 Å². The maximum atomic E-state index is 11.0. The predicted octanol–water partition coefficient (Wildman–Crippen LogP) is 1.28. The van der Waals surface area contributed by atoms with Crippen molar-refractivity contribution in [2.75, 3.05) is 13.2 Å². The summed E-state index contributed by atoms with van der Waals surface area (Å²) >= 11 is 0. The Labute approximate surface area is 72.4 Å². The molecule has 68 valence electrons. The van der Waals surface area contributed by atoms with E-state index >= 15 is 0 Å². The molecule has 0 radical (unpaired) electrons. The van der Waals surface area contributed by atoms with Crippen molar-refractivity contribution in [3.63, 3.8) is 0 Å². The number of esters is 1. The molecule has 0 aromatic heterocycles. The van der Waals surface area contributed by atoms with Crippen LogP contribution in [-0.2, 0) is 14.3 Å². The zero-order valence-corrected chi connectivity index (χ0v) is 7.50. The number of rotatable bonds is 4. The molecule has 0 saturated carbocycles. The minimum atomic E-state index is -0.224. The summed E-state index contributed by atoms with van der Waals surface area (Å²) in [5, 5.41) is 0. The summed E-state index contributed by atoms with van der Waals surface area (Å²) < 4.78 is 9.81. The highest BCUT2D eigenvalue weighted by Gasteiger charge is 2.20. The van der Waals surface area contributed by atoms with E-state index in [9.17, 15) is 4.79 Å². The lowest BCUT2D eigenvalue weighted by atomic mass is 10.2. The first-order valence-electron chi connectivity index (χ1n) is 4.19. The molecule has 1 atom stereocenters. The van der Waals surface area contributed by atoms with Gasteiger partial charge in [0.05, 0.1) is 19.3 Å². The zero-order chi connectivity index (χ0) is 8.97. The van der Waals surface area contributed by atoms with Gasteiger partial charge in [-0.2, -0.15) is 0 Å². The summed E-state index contributed by atoms with van der Waals surface area (Å²) in [6.07, 6.45) is 3.04. The Hall–Kier alpha value is -0.830. The third-order valence-corrected chi connectivity index (χ3v) is 1.69. The molecule has 1 aliphatic heterocycles. The van der Waals surface area contributed by atoms with Crippen LogP contribution in [0, 0.1) is 0 Å². The van der Waals surface area contributed by atoms with Crippen molar-refractivity contribution in [1.82, 2.24) is 0 Å². The molecule has 0 spiro atoms. The van der Waals surface area contributed by atoms with E-state index in [4.69, 9.17) is 9.47 Å². The van der Waals surface area contributed by atoms with Crippen LogP contribution in [0.15, 0.2) is 11.6 Å². The third kappa shape index (κ3) is 3.05. The molecule has 1 heterocycles. The summed E-state index contributed by atoms with van der Waals surface area (Å²) in [5.74, 6) is -0.224. The fourth-order valence-electron chi connectivity index (χ4n) is 0.841. The first kappa shape index (κ1) is 9.26. The number of carbonyl (C=O) groups is 1. The van der Waals surface area contributed by atoms with E-state index in [1.807, 2.05) is 6.08 Å². The van der Waals surface area contributed by atoms with E-state index in [1.165, 1.54) is 0 Å². The minimum Gasteiger partial charge on any atom is -0.463 e. The van der Waals surface area contributed by atoms with Gasteiger partial charge in [-0.1, -0.05) is 6.08 Å². The maximum Gasteiger partial charge on any atom is 0.333 e. The number of ether oxygens (including phenoxy) is 2. The summed E-state index contributed by atoms with van der Waals surface area (Å²) in [6, 6.07) is 0. The lowest BCUT2D eigenvalue weighted by Crippen LogP contribution is -2.05. The zero-order valence-electron chi connectivity index (χ0n) is 7.50. The third-order valence-electron chi connectivity index (χ3n) is 1.69. The Morgan fingerprint density at radius 2 is 2.42 bits per heavy atom. The first-order chi connectivity index (χ1) is 5.74. The molecular formula is C9H14O3. The van der Waals surface area contributed by atoms with Crippen LogP contribution >= 0.6 is 0 Å². The predicted molar refractivity (Wildman–Crippen MR) is 44.7 cm³/mol. The standard InChI is InChI=1S/C9H14O3/c1-3-11-9(10)7(2)4-5-8-6-12-8/h4,8H,3,5-6H2,1-2H3. The molecule has 1 fully saturated rings. The van der Waals surface area contributed by atoms with Gasteiger partial charge in [-0.15, -0.1) is 0 Å². The van der Waals surface area contributed by atoms with Crippen LogP contribution < -0.4 is 0 Å². The van der Waals surface area contributed by atoms with Gasteiger partial charge >= 0.3 is 5.97 Å². The molecule has 1 aliphatic rings. The fraction of sp³-hybridized carbons (Fsp3) is 0.667. The van der Waals surface area contributed by atoms with E-state index in [0.29, 0.717) is 18.3 Å². The lowest BCUT2D eigenvalue weighted by molar-refractivity contribution is -0.138. The molecule has 3 heteroatoms. The Balaban J connectivity index is 2.27. The molecule has 12 heavy (non-hydrogen) atoms. The van der Waals surface area contributed by atoms with Crippen molar-refractivity contribution in [1.29, 1.82) is 0 Å². The second-order valence-electron chi connectivity index (χ2n) is 2.80. The van der Waals surface area contributed by atoms with Crippen molar-refractivity contribution in [2.24, 2.45) is 0 Å². The van der Waals surface area contributed by atoms with Crippen LogP contribution in [0.5, 0.6) is 0 Å². The van der Waals surface area contributed by atoms with Gasteiger partial charge in [0.2, 0.25) is 0 Å². The van der Waals surface area contributed by atoms with Crippen molar-refractivity contribution < 1.29 is 14.3 Å². The highest BCUT2D eigenvalue weighted by atomic mass is 16.6. The van der Waals surface area contributed by atoms with Crippen LogP contribution in [0.25, 0.3) is 0 Å².